The van der Waals surface area contributed by atoms with Crippen LogP contribution in [0.2, 0.25) is 0 Å². The van der Waals surface area contributed by atoms with Crippen LogP contribution in [0.3, 0.4) is 0 Å². The van der Waals surface area contributed by atoms with Gasteiger partial charge in [-0.25, -0.2) is 0 Å². The fourth-order valence-corrected chi connectivity index (χ4v) is 1.15. The molecule has 6 heteroatoms. The molecule has 1 heterocycles. The molecule has 0 atom stereocenters. The van der Waals surface area contributed by atoms with E-state index >= 15 is 0 Å². The largest absolute Gasteiger partial charge is 0.431 e. The van der Waals surface area contributed by atoms with Crippen LogP contribution in [0.5, 0.6) is 0 Å². The highest BCUT2D eigenvalue weighted by Crippen LogP contribution is 2.27. The molecule has 0 amide bonds. The van der Waals surface area contributed by atoms with Crippen LogP contribution in [-0.2, 0) is 11.5 Å². The third-order valence-corrected chi connectivity index (χ3v) is 2.01. The van der Waals surface area contributed by atoms with E-state index in [0.717, 1.165) is 12.1 Å². The summed E-state index contributed by atoms with van der Waals surface area (Å²) >= 11 is 2.97. The van der Waals surface area contributed by atoms with Crippen molar-refractivity contribution in [3.05, 3.63) is 33.7 Å². The van der Waals surface area contributed by atoms with Crippen molar-refractivity contribution in [2.24, 2.45) is 0 Å². The molecular formula is C7H5BrF3NO. The third kappa shape index (κ3) is 2.58. The molecule has 0 saturated heterocycles. The van der Waals surface area contributed by atoms with Crippen molar-refractivity contribution in [3.8, 4) is 0 Å². The topological polar surface area (TPSA) is 32.9 Å². The van der Waals surface area contributed by atoms with Gasteiger partial charge in [-0.3, -0.25) is 4.79 Å². The molecule has 1 aromatic rings. The zero-order valence-electron chi connectivity index (χ0n) is 6.28. The number of aromatic amines is 1. The molecule has 0 aliphatic heterocycles. The minimum absolute atomic E-state index is 0.222. The van der Waals surface area contributed by atoms with Crippen LogP contribution < -0.4 is 5.56 Å². The number of aromatic nitrogens is 1. The van der Waals surface area contributed by atoms with E-state index in [9.17, 15) is 18.0 Å². The zero-order valence-corrected chi connectivity index (χ0v) is 7.87. The Bertz CT molecular complexity index is 357. The van der Waals surface area contributed by atoms with E-state index < -0.39 is 17.4 Å². The van der Waals surface area contributed by atoms with Crippen LogP contribution >= 0.6 is 15.9 Å². The molecule has 0 aliphatic carbocycles. The summed E-state index contributed by atoms with van der Waals surface area (Å²) in [6, 6.07) is 2.01. The van der Waals surface area contributed by atoms with Crippen molar-refractivity contribution in [1.29, 1.82) is 0 Å². The summed E-state index contributed by atoms with van der Waals surface area (Å²) in [7, 11) is 0. The van der Waals surface area contributed by atoms with Gasteiger partial charge in [0.25, 0.3) is 0 Å². The molecule has 0 fully saturated rings. The maximum absolute atomic E-state index is 12.1. The zero-order chi connectivity index (χ0) is 10.1. The lowest BCUT2D eigenvalue weighted by Gasteiger charge is -2.06. The van der Waals surface area contributed by atoms with E-state index in [1.165, 1.54) is 0 Å². The summed E-state index contributed by atoms with van der Waals surface area (Å²) in [5.74, 6) is 0. The number of nitrogens with one attached hydrogen (secondary N) is 1. The molecule has 72 valence electrons. The van der Waals surface area contributed by atoms with Crippen LogP contribution in [0.1, 0.15) is 11.3 Å². The first-order chi connectivity index (χ1) is 5.93. The lowest BCUT2D eigenvalue weighted by atomic mass is 10.2. The second-order valence-electron chi connectivity index (χ2n) is 2.40. The Hall–Kier alpha value is -0.780. The number of rotatable bonds is 1. The molecule has 0 bridgehead atoms. The van der Waals surface area contributed by atoms with E-state index in [-0.39, 0.29) is 5.33 Å². The van der Waals surface area contributed by atoms with Crippen molar-refractivity contribution in [2.75, 3.05) is 0 Å². The van der Waals surface area contributed by atoms with Gasteiger partial charge in [-0.05, 0) is 11.6 Å². The van der Waals surface area contributed by atoms with Gasteiger partial charge in [-0.15, -0.1) is 0 Å². The first-order valence-corrected chi connectivity index (χ1v) is 4.42. The van der Waals surface area contributed by atoms with Gasteiger partial charge in [0.1, 0.15) is 5.69 Å². The van der Waals surface area contributed by atoms with Gasteiger partial charge in [0.2, 0.25) is 5.56 Å². The number of halogens is 4. The SMILES string of the molecule is O=c1cc(CBr)cc(C(F)(F)F)[nH]1. The summed E-state index contributed by atoms with van der Waals surface area (Å²) < 4.78 is 36.3. The van der Waals surface area contributed by atoms with Crippen molar-refractivity contribution < 1.29 is 13.2 Å². The van der Waals surface area contributed by atoms with Crippen molar-refractivity contribution in [3.63, 3.8) is 0 Å². The van der Waals surface area contributed by atoms with E-state index in [4.69, 9.17) is 0 Å². The molecule has 1 aromatic heterocycles. The first kappa shape index (κ1) is 10.3. The average molecular weight is 256 g/mol. The Morgan fingerprint density at radius 1 is 1.38 bits per heavy atom. The third-order valence-electron chi connectivity index (χ3n) is 1.36. The second kappa shape index (κ2) is 3.53. The van der Waals surface area contributed by atoms with Crippen LogP contribution in [0, 0.1) is 0 Å². The highest BCUT2D eigenvalue weighted by atomic mass is 79.9. The fraction of sp³-hybridized carbons (Fsp3) is 0.286. The summed E-state index contributed by atoms with van der Waals surface area (Å²) in [5.41, 5.74) is -1.46. The summed E-state index contributed by atoms with van der Waals surface area (Å²) in [6.07, 6.45) is -4.50. The molecule has 0 unspecified atom stereocenters. The predicted octanol–water partition coefficient (Wildman–Crippen LogP) is 2.29. The van der Waals surface area contributed by atoms with Crippen LogP contribution in [-0.4, -0.2) is 4.98 Å². The molecule has 2 nitrogen and oxygen atoms in total. The molecule has 13 heavy (non-hydrogen) atoms. The Kier molecular flexibility index (Phi) is 2.80. The highest BCUT2D eigenvalue weighted by Gasteiger charge is 2.31. The molecule has 0 aromatic carbocycles. The molecule has 1 rings (SSSR count). The van der Waals surface area contributed by atoms with E-state index in [1.807, 2.05) is 0 Å². The molecular weight excluding hydrogens is 251 g/mol. The maximum atomic E-state index is 12.1. The summed E-state index contributed by atoms with van der Waals surface area (Å²) in [4.78, 5) is 12.5. The van der Waals surface area contributed by atoms with Gasteiger partial charge in [0.05, 0.1) is 0 Å². The smallest absolute Gasteiger partial charge is 0.318 e. The van der Waals surface area contributed by atoms with Crippen molar-refractivity contribution >= 4 is 15.9 Å². The second-order valence-corrected chi connectivity index (χ2v) is 2.96. The molecule has 0 aliphatic rings. The number of pyridine rings is 1. The molecule has 1 N–H and O–H groups in total. The number of hydrogen-bond acceptors (Lipinski definition) is 1. The van der Waals surface area contributed by atoms with Crippen LogP contribution in [0.4, 0.5) is 13.2 Å². The minimum Gasteiger partial charge on any atom is -0.318 e. The lowest BCUT2D eigenvalue weighted by molar-refractivity contribution is -0.141. The van der Waals surface area contributed by atoms with Gasteiger partial charge in [-0.1, -0.05) is 15.9 Å². The lowest BCUT2D eigenvalue weighted by Crippen LogP contribution is -2.16. The summed E-state index contributed by atoms with van der Waals surface area (Å²) in [6.45, 7) is 0. The van der Waals surface area contributed by atoms with Crippen molar-refractivity contribution in [1.82, 2.24) is 4.98 Å². The van der Waals surface area contributed by atoms with Crippen LogP contribution in [0.25, 0.3) is 0 Å². The quantitative estimate of drug-likeness (QED) is 0.768. The normalized spacial score (nSPS) is 11.7. The number of hydrogen-bond donors (Lipinski definition) is 1. The van der Waals surface area contributed by atoms with Gasteiger partial charge in [0, 0.05) is 11.4 Å². The average Bonchev–Trinajstić information content (AvgIpc) is 2.01. The van der Waals surface area contributed by atoms with Crippen molar-refractivity contribution in [2.45, 2.75) is 11.5 Å². The Balaban J connectivity index is 3.24. The fourth-order valence-electron chi connectivity index (χ4n) is 0.830. The molecule has 0 saturated carbocycles. The van der Waals surface area contributed by atoms with Gasteiger partial charge in [0.15, 0.2) is 0 Å². The first-order valence-electron chi connectivity index (χ1n) is 3.30. The maximum Gasteiger partial charge on any atom is 0.431 e. The molecule has 0 spiro atoms. The number of H-pyrrole nitrogens is 1. The van der Waals surface area contributed by atoms with E-state index in [2.05, 4.69) is 15.9 Å². The van der Waals surface area contributed by atoms with Gasteiger partial charge < -0.3 is 4.98 Å². The van der Waals surface area contributed by atoms with Crippen LogP contribution in [0.15, 0.2) is 16.9 Å². The molecule has 0 radical (unpaired) electrons. The Morgan fingerprint density at radius 3 is 2.46 bits per heavy atom. The Morgan fingerprint density at radius 2 is 2.00 bits per heavy atom. The monoisotopic (exact) mass is 255 g/mol. The predicted molar refractivity (Wildman–Crippen MR) is 44.7 cm³/mol. The van der Waals surface area contributed by atoms with Gasteiger partial charge in [-0.2, -0.15) is 13.2 Å². The minimum atomic E-state index is -4.50. The van der Waals surface area contributed by atoms with E-state index in [0.29, 0.717) is 5.56 Å². The summed E-state index contributed by atoms with van der Waals surface area (Å²) in [5, 5.41) is 0.222. The highest BCUT2D eigenvalue weighted by molar-refractivity contribution is 9.08. The van der Waals surface area contributed by atoms with E-state index in [1.54, 1.807) is 4.98 Å². The Labute approximate surface area is 79.9 Å². The van der Waals surface area contributed by atoms with Gasteiger partial charge >= 0.3 is 6.18 Å². The number of alkyl halides is 4. The standard InChI is InChI=1S/C7H5BrF3NO/c8-3-4-1-5(7(9,10)11)12-6(13)2-4/h1-2H,3H2,(H,12,13).